The highest BCUT2D eigenvalue weighted by Crippen LogP contribution is 2.19. The van der Waals surface area contributed by atoms with Crippen LogP contribution in [0.3, 0.4) is 0 Å². The molecule has 19 heavy (non-hydrogen) atoms. The summed E-state index contributed by atoms with van der Waals surface area (Å²) in [5.74, 6) is 2.26. The van der Waals surface area contributed by atoms with Crippen LogP contribution in [0, 0.1) is 0 Å². The molecule has 1 unspecified atom stereocenters. The van der Waals surface area contributed by atoms with E-state index in [9.17, 15) is 4.79 Å². The molecule has 2 rings (SSSR count). The Morgan fingerprint density at radius 3 is 3.11 bits per heavy atom. The largest absolute Gasteiger partial charge is 0.326 e. The molecule has 1 atom stereocenters. The second kappa shape index (κ2) is 8.74. The zero-order valence-corrected chi connectivity index (χ0v) is 13.3. The fraction of sp³-hybridized carbons (Fsp3) is 0.462. The summed E-state index contributed by atoms with van der Waals surface area (Å²) >= 11 is 3.59. The lowest BCUT2D eigenvalue weighted by molar-refractivity contribution is -0.116. The molecular formula is C13H19ClN2OS2. The van der Waals surface area contributed by atoms with E-state index in [1.165, 1.54) is 4.90 Å². The predicted octanol–water partition coefficient (Wildman–Crippen LogP) is 2.86. The van der Waals surface area contributed by atoms with Gasteiger partial charge in [0, 0.05) is 41.1 Å². The van der Waals surface area contributed by atoms with Crippen LogP contribution < -0.4 is 10.6 Å². The Kier molecular flexibility index (Phi) is 7.68. The Bertz CT molecular complexity index is 411. The van der Waals surface area contributed by atoms with Crippen LogP contribution in [0.15, 0.2) is 29.2 Å². The van der Waals surface area contributed by atoms with Crippen molar-refractivity contribution in [1.29, 1.82) is 0 Å². The monoisotopic (exact) mass is 318 g/mol. The van der Waals surface area contributed by atoms with Crippen LogP contribution in [0.25, 0.3) is 0 Å². The molecule has 106 valence electrons. The molecule has 1 fully saturated rings. The molecule has 1 amide bonds. The summed E-state index contributed by atoms with van der Waals surface area (Å²) in [5.41, 5.74) is 0.885. The summed E-state index contributed by atoms with van der Waals surface area (Å²) in [6, 6.07) is 8.26. The van der Waals surface area contributed by atoms with Gasteiger partial charge in [0.05, 0.1) is 0 Å². The van der Waals surface area contributed by atoms with Crippen LogP contribution in [0.1, 0.15) is 6.42 Å². The van der Waals surface area contributed by atoms with E-state index >= 15 is 0 Å². The molecule has 3 nitrogen and oxygen atoms in total. The van der Waals surface area contributed by atoms with Crippen LogP contribution in [0.5, 0.6) is 0 Å². The van der Waals surface area contributed by atoms with Gasteiger partial charge in [0.2, 0.25) is 5.91 Å². The first-order valence-corrected chi connectivity index (χ1v) is 8.41. The molecule has 1 aliphatic rings. The van der Waals surface area contributed by atoms with Crippen molar-refractivity contribution in [3.05, 3.63) is 24.3 Å². The number of halogens is 1. The standard InChI is InChI=1S/C13H18N2OS2.ClH/c1-17-12-4-2-3-10(7-12)15-13(16)8-11-9-18-6-5-14-11;/h2-4,7,11,14H,5-6,8-9H2,1H3,(H,15,16);1H. The molecule has 0 bridgehead atoms. The van der Waals surface area contributed by atoms with E-state index in [1.807, 2.05) is 42.3 Å². The summed E-state index contributed by atoms with van der Waals surface area (Å²) in [6.07, 6.45) is 2.58. The van der Waals surface area contributed by atoms with Gasteiger partial charge in [0.1, 0.15) is 0 Å². The van der Waals surface area contributed by atoms with E-state index < -0.39 is 0 Å². The molecule has 0 saturated carbocycles. The number of hydrogen-bond acceptors (Lipinski definition) is 4. The van der Waals surface area contributed by atoms with Crippen LogP contribution in [-0.4, -0.2) is 36.3 Å². The van der Waals surface area contributed by atoms with Gasteiger partial charge in [-0.1, -0.05) is 6.07 Å². The average Bonchev–Trinajstić information content (AvgIpc) is 2.40. The highest BCUT2D eigenvalue weighted by molar-refractivity contribution is 7.99. The molecule has 0 aromatic heterocycles. The third kappa shape index (κ3) is 5.65. The first-order chi connectivity index (χ1) is 8.78. The van der Waals surface area contributed by atoms with Crippen molar-refractivity contribution >= 4 is 47.5 Å². The van der Waals surface area contributed by atoms with Crippen LogP contribution >= 0.6 is 35.9 Å². The van der Waals surface area contributed by atoms with Crippen molar-refractivity contribution in [3.63, 3.8) is 0 Å². The van der Waals surface area contributed by atoms with Crippen molar-refractivity contribution < 1.29 is 4.79 Å². The van der Waals surface area contributed by atoms with Crippen molar-refractivity contribution in [3.8, 4) is 0 Å². The van der Waals surface area contributed by atoms with Gasteiger partial charge in [-0.15, -0.1) is 24.2 Å². The number of hydrogen-bond donors (Lipinski definition) is 2. The molecule has 1 aromatic carbocycles. The maximum Gasteiger partial charge on any atom is 0.225 e. The topological polar surface area (TPSA) is 41.1 Å². The minimum Gasteiger partial charge on any atom is -0.326 e. The predicted molar refractivity (Wildman–Crippen MR) is 87.8 cm³/mol. The lowest BCUT2D eigenvalue weighted by Crippen LogP contribution is -2.39. The molecule has 1 heterocycles. The molecule has 1 aromatic rings. The summed E-state index contributed by atoms with van der Waals surface area (Å²) in [5, 5.41) is 6.33. The maximum absolute atomic E-state index is 11.9. The number of carbonyl (C=O) groups excluding carboxylic acids is 1. The minimum absolute atomic E-state index is 0. The summed E-state index contributed by atoms with van der Waals surface area (Å²) < 4.78 is 0. The second-order valence-electron chi connectivity index (χ2n) is 4.21. The number of thioether (sulfide) groups is 2. The second-order valence-corrected chi connectivity index (χ2v) is 6.24. The van der Waals surface area contributed by atoms with Crippen molar-refractivity contribution in [2.24, 2.45) is 0 Å². The third-order valence-electron chi connectivity index (χ3n) is 2.78. The highest BCUT2D eigenvalue weighted by atomic mass is 35.5. The quantitative estimate of drug-likeness (QED) is 0.838. The lowest BCUT2D eigenvalue weighted by atomic mass is 10.2. The summed E-state index contributed by atoms with van der Waals surface area (Å²) in [4.78, 5) is 13.1. The number of nitrogens with one attached hydrogen (secondary N) is 2. The van der Waals surface area contributed by atoms with Crippen LogP contribution in [0.2, 0.25) is 0 Å². The van der Waals surface area contributed by atoms with Gasteiger partial charge >= 0.3 is 0 Å². The van der Waals surface area contributed by atoms with Crippen LogP contribution in [-0.2, 0) is 4.79 Å². The van der Waals surface area contributed by atoms with Gasteiger partial charge in [-0.2, -0.15) is 11.8 Å². The summed E-state index contributed by atoms with van der Waals surface area (Å²) in [7, 11) is 0. The van der Waals surface area contributed by atoms with E-state index in [-0.39, 0.29) is 18.3 Å². The van der Waals surface area contributed by atoms with Crippen molar-refractivity contribution in [2.75, 3.05) is 29.6 Å². The number of rotatable bonds is 4. The Balaban J connectivity index is 0.00000180. The van der Waals surface area contributed by atoms with E-state index in [1.54, 1.807) is 11.8 Å². The van der Waals surface area contributed by atoms with Gasteiger partial charge in [-0.05, 0) is 24.5 Å². The number of benzene rings is 1. The SMILES string of the molecule is CSc1cccc(NC(=O)CC2CSCCN2)c1.Cl. The third-order valence-corrected chi connectivity index (χ3v) is 4.64. The van der Waals surface area contributed by atoms with Crippen molar-refractivity contribution in [2.45, 2.75) is 17.4 Å². The van der Waals surface area contributed by atoms with Gasteiger partial charge in [0.25, 0.3) is 0 Å². The molecule has 1 saturated heterocycles. The van der Waals surface area contributed by atoms with E-state index in [4.69, 9.17) is 0 Å². The van der Waals surface area contributed by atoms with Gasteiger partial charge < -0.3 is 10.6 Å². The van der Waals surface area contributed by atoms with E-state index in [0.29, 0.717) is 12.5 Å². The Morgan fingerprint density at radius 1 is 1.58 bits per heavy atom. The maximum atomic E-state index is 11.9. The fourth-order valence-corrected chi connectivity index (χ4v) is 3.30. The van der Waals surface area contributed by atoms with Gasteiger partial charge in [-0.3, -0.25) is 4.79 Å². The van der Waals surface area contributed by atoms with E-state index in [2.05, 4.69) is 10.6 Å². The smallest absolute Gasteiger partial charge is 0.225 e. The van der Waals surface area contributed by atoms with Crippen molar-refractivity contribution in [1.82, 2.24) is 5.32 Å². The molecule has 2 N–H and O–H groups in total. The molecule has 0 spiro atoms. The zero-order chi connectivity index (χ0) is 12.8. The van der Waals surface area contributed by atoms with Gasteiger partial charge in [0.15, 0.2) is 0 Å². The average molecular weight is 319 g/mol. The Labute approximate surface area is 129 Å². The van der Waals surface area contributed by atoms with Gasteiger partial charge in [-0.25, -0.2) is 0 Å². The lowest BCUT2D eigenvalue weighted by Gasteiger charge is -2.22. The number of amides is 1. The molecule has 6 heteroatoms. The fourth-order valence-electron chi connectivity index (χ4n) is 1.89. The zero-order valence-electron chi connectivity index (χ0n) is 10.8. The molecule has 0 aliphatic carbocycles. The molecule has 0 radical (unpaired) electrons. The van der Waals surface area contributed by atoms with E-state index in [0.717, 1.165) is 23.7 Å². The summed E-state index contributed by atoms with van der Waals surface area (Å²) in [6.45, 7) is 1.00. The molecular weight excluding hydrogens is 300 g/mol. The Hall–Kier alpha value is -0.360. The minimum atomic E-state index is 0. The number of carbonyl (C=O) groups is 1. The number of anilines is 1. The first-order valence-electron chi connectivity index (χ1n) is 6.03. The first kappa shape index (κ1) is 16.7. The van der Waals surface area contributed by atoms with Crippen LogP contribution in [0.4, 0.5) is 5.69 Å². The Morgan fingerprint density at radius 2 is 2.42 bits per heavy atom. The molecule has 1 aliphatic heterocycles. The highest BCUT2D eigenvalue weighted by Gasteiger charge is 2.16. The normalized spacial score (nSPS) is 18.5.